The zero-order valence-electron chi connectivity index (χ0n) is 7.53. The van der Waals surface area contributed by atoms with Crippen LogP contribution in [0.5, 0.6) is 5.75 Å². The predicted molar refractivity (Wildman–Crippen MR) is 47.0 cm³/mol. The molecule has 4 heteroatoms. The van der Waals surface area contributed by atoms with E-state index >= 15 is 0 Å². The first-order valence-electron chi connectivity index (χ1n) is 4.15. The molecule has 2 N–H and O–H groups in total. The third-order valence-corrected chi connectivity index (χ3v) is 1.60. The summed E-state index contributed by atoms with van der Waals surface area (Å²) in [6, 6.07) is 0. The van der Waals surface area contributed by atoms with Crippen LogP contribution in [0.3, 0.4) is 0 Å². The van der Waals surface area contributed by atoms with Gasteiger partial charge in [0.1, 0.15) is 6.10 Å². The van der Waals surface area contributed by atoms with E-state index in [2.05, 4.69) is 5.10 Å². The average Bonchev–Trinajstić information content (AvgIpc) is 2.52. The van der Waals surface area contributed by atoms with E-state index in [4.69, 9.17) is 10.5 Å². The van der Waals surface area contributed by atoms with E-state index in [0.717, 1.165) is 12.3 Å². The number of ether oxygens (including phenoxy) is 1. The van der Waals surface area contributed by atoms with Gasteiger partial charge in [-0.25, -0.2) is 0 Å². The van der Waals surface area contributed by atoms with Crippen LogP contribution in [-0.4, -0.2) is 22.4 Å². The third kappa shape index (κ3) is 2.23. The highest BCUT2D eigenvalue weighted by molar-refractivity contribution is 5.11. The van der Waals surface area contributed by atoms with E-state index in [9.17, 15) is 0 Å². The van der Waals surface area contributed by atoms with Gasteiger partial charge in [0.05, 0.1) is 12.4 Å². The second kappa shape index (κ2) is 4.11. The normalized spacial score (nSPS) is 12.9. The van der Waals surface area contributed by atoms with Crippen molar-refractivity contribution >= 4 is 0 Å². The summed E-state index contributed by atoms with van der Waals surface area (Å²) in [7, 11) is 0. The molecular weight excluding hydrogens is 154 g/mol. The molecule has 0 saturated carbocycles. The van der Waals surface area contributed by atoms with Gasteiger partial charge in [-0.2, -0.15) is 5.10 Å². The van der Waals surface area contributed by atoms with Crippen LogP contribution in [0.15, 0.2) is 12.4 Å². The number of nitrogens with zero attached hydrogens (tertiary/aromatic N) is 2. The van der Waals surface area contributed by atoms with Gasteiger partial charge in [-0.05, 0) is 13.8 Å². The maximum absolute atomic E-state index is 5.44. The van der Waals surface area contributed by atoms with Crippen LogP contribution in [0.1, 0.15) is 13.8 Å². The van der Waals surface area contributed by atoms with E-state index in [1.165, 1.54) is 0 Å². The van der Waals surface area contributed by atoms with Gasteiger partial charge in [-0.1, -0.05) is 0 Å². The molecule has 1 atom stereocenters. The van der Waals surface area contributed by atoms with Gasteiger partial charge >= 0.3 is 0 Å². The van der Waals surface area contributed by atoms with Crippen molar-refractivity contribution in [1.29, 1.82) is 0 Å². The molecule has 1 aromatic heterocycles. The standard InChI is InChI=1S/C8H15N3O/c1-3-11-6-8(5-10-11)12-7(2)4-9/h5-7H,3-4,9H2,1-2H3. The largest absolute Gasteiger partial charge is 0.486 e. The maximum Gasteiger partial charge on any atom is 0.157 e. The zero-order valence-corrected chi connectivity index (χ0v) is 7.53. The molecule has 1 aromatic rings. The van der Waals surface area contributed by atoms with Crippen molar-refractivity contribution < 1.29 is 4.74 Å². The molecule has 0 aliphatic rings. The minimum atomic E-state index is 0.0551. The van der Waals surface area contributed by atoms with Gasteiger partial charge in [0.2, 0.25) is 0 Å². The minimum absolute atomic E-state index is 0.0551. The summed E-state index contributed by atoms with van der Waals surface area (Å²) >= 11 is 0. The Balaban J connectivity index is 2.52. The number of aromatic nitrogens is 2. The molecule has 0 spiro atoms. The monoisotopic (exact) mass is 169 g/mol. The Hall–Kier alpha value is -1.03. The lowest BCUT2D eigenvalue weighted by molar-refractivity contribution is 0.229. The van der Waals surface area contributed by atoms with Crippen LogP contribution >= 0.6 is 0 Å². The third-order valence-electron chi connectivity index (χ3n) is 1.60. The van der Waals surface area contributed by atoms with Crippen molar-refractivity contribution in [3.8, 4) is 5.75 Å². The summed E-state index contributed by atoms with van der Waals surface area (Å²) in [6.45, 7) is 5.35. The fourth-order valence-corrected chi connectivity index (χ4v) is 0.859. The molecule has 4 nitrogen and oxygen atoms in total. The molecule has 0 aromatic carbocycles. The molecule has 0 fully saturated rings. The Morgan fingerprint density at radius 3 is 3.00 bits per heavy atom. The Morgan fingerprint density at radius 1 is 1.75 bits per heavy atom. The lowest BCUT2D eigenvalue weighted by Gasteiger charge is -2.08. The molecule has 68 valence electrons. The molecule has 1 rings (SSSR count). The van der Waals surface area contributed by atoms with Gasteiger partial charge < -0.3 is 10.5 Å². The number of aryl methyl sites for hydroxylation is 1. The maximum atomic E-state index is 5.44. The van der Waals surface area contributed by atoms with Crippen LogP contribution in [0.4, 0.5) is 0 Å². The Morgan fingerprint density at radius 2 is 2.50 bits per heavy atom. The van der Waals surface area contributed by atoms with Crippen molar-refractivity contribution in [3.05, 3.63) is 12.4 Å². The van der Waals surface area contributed by atoms with Gasteiger partial charge in [-0.15, -0.1) is 0 Å². The molecular formula is C8H15N3O. The fourth-order valence-electron chi connectivity index (χ4n) is 0.859. The Labute approximate surface area is 72.3 Å². The highest BCUT2D eigenvalue weighted by Gasteiger charge is 2.02. The first kappa shape index (κ1) is 9.06. The first-order valence-corrected chi connectivity index (χ1v) is 4.15. The fraction of sp³-hybridized carbons (Fsp3) is 0.625. The summed E-state index contributed by atoms with van der Waals surface area (Å²) < 4.78 is 7.26. The number of hydrogen-bond donors (Lipinski definition) is 1. The molecule has 0 amide bonds. The summed E-state index contributed by atoms with van der Waals surface area (Å²) in [4.78, 5) is 0. The Kier molecular flexibility index (Phi) is 3.10. The van der Waals surface area contributed by atoms with Crippen LogP contribution in [-0.2, 0) is 6.54 Å². The SMILES string of the molecule is CCn1cc(OC(C)CN)cn1. The quantitative estimate of drug-likeness (QED) is 0.719. The summed E-state index contributed by atoms with van der Waals surface area (Å²) in [5.41, 5.74) is 5.41. The van der Waals surface area contributed by atoms with Crippen LogP contribution in [0, 0.1) is 0 Å². The van der Waals surface area contributed by atoms with Gasteiger partial charge in [-0.3, -0.25) is 4.68 Å². The van der Waals surface area contributed by atoms with Crippen molar-refractivity contribution in [2.75, 3.05) is 6.54 Å². The topological polar surface area (TPSA) is 53.1 Å². The molecule has 1 unspecified atom stereocenters. The van der Waals surface area contributed by atoms with Crippen LogP contribution in [0.25, 0.3) is 0 Å². The van der Waals surface area contributed by atoms with E-state index in [1.807, 2.05) is 24.7 Å². The van der Waals surface area contributed by atoms with Crippen molar-refractivity contribution in [1.82, 2.24) is 9.78 Å². The highest BCUT2D eigenvalue weighted by Crippen LogP contribution is 2.09. The second-order valence-electron chi connectivity index (χ2n) is 2.70. The van der Waals surface area contributed by atoms with Crippen LogP contribution in [0.2, 0.25) is 0 Å². The summed E-state index contributed by atoms with van der Waals surface area (Å²) in [5, 5.41) is 4.07. The smallest absolute Gasteiger partial charge is 0.157 e. The van der Waals surface area contributed by atoms with E-state index in [-0.39, 0.29) is 6.10 Å². The highest BCUT2D eigenvalue weighted by atomic mass is 16.5. The van der Waals surface area contributed by atoms with Crippen molar-refractivity contribution in [3.63, 3.8) is 0 Å². The number of rotatable bonds is 4. The molecule has 0 aliphatic heterocycles. The van der Waals surface area contributed by atoms with Crippen LogP contribution < -0.4 is 10.5 Å². The summed E-state index contributed by atoms with van der Waals surface area (Å²) in [6.07, 6.45) is 3.63. The van der Waals surface area contributed by atoms with Crippen molar-refractivity contribution in [2.45, 2.75) is 26.5 Å². The van der Waals surface area contributed by atoms with E-state index in [1.54, 1.807) is 6.20 Å². The van der Waals surface area contributed by atoms with E-state index < -0.39 is 0 Å². The second-order valence-corrected chi connectivity index (χ2v) is 2.70. The molecule has 1 heterocycles. The minimum Gasteiger partial charge on any atom is -0.486 e. The molecule has 0 radical (unpaired) electrons. The molecule has 0 aliphatic carbocycles. The summed E-state index contributed by atoms with van der Waals surface area (Å²) in [5.74, 6) is 0.787. The van der Waals surface area contributed by atoms with Gasteiger partial charge in [0, 0.05) is 13.1 Å². The van der Waals surface area contributed by atoms with Gasteiger partial charge in [0.15, 0.2) is 5.75 Å². The first-order chi connectivity index (χ1) is 5.76. The van der Waals surface area contributed by atoms with Crippen molar-refractivity contribution in [2.24, 2.45) is 5.73 Å². The number of hydrogen-bond acceptors (Lipinski definition) is 3. The molecule has 12 heavy (non-hydrogen) atoms. The Bertz CT molecular complexity index is 234. The average molecular weight is 169 g/mol. The predicted octanol–water partition coefficient (Wildman–Crippen LogP) is 0.629. The lowest BCUT2D eigenvalue weighted by Crippen LogP contribution is -2.22. The van der Waals surface area contributed by atoms with E-state index in [0.29, 0.717) is 6.54 Å². The van der Waals surface area contributed by atoms with Gasteiger partial charge in [0.25, 0.3) is 0 Å². The lowest BCUT2D eigenvalue weighted by atomic mass is 10.4. The molecule has 0 saturated heterocycles. The number of nitrogens with two attached hydrogens (primary N) is 1. The zero-order chi connectivity index (χ0) is 8.97. The molecule has 0 bridgehead atoms.